The number of hydrogen-bond acceptors (Lipinski definition) is 2. The molecule has 0 spiro atoms. The van der Waals surface area contributed by atoms with Gasteiger partial charge in [-0.15, -0.1) is 0 Å². The fourth-order valence-electron chi connectivity index (χ4n) is 3.28. The number of carbonyl (C=O) groups is 1. The number of aryl methyl sites for hydroxylation is 1. The van der Waals surface area contributed by atoms with Crippen LogP contribution in [0.3, 0.4) is 0 Å². The molecular formula is C21H25NO2. The van der Waals surface area contributed by atoms with E-state index >= 15 is 0 Å². The second-order valence-corrected chi connectivity index (χ2v) is 6.52. The van der Waals surface area contributed by atoms with Gasteiger partial charge in [-0.1, -0.05) is 43.7 Å². The van der Waals surface area contributed by atoms with E-state index in [1.54, 1.807) is 0 Å². The molecule has 3 rings (SSSR count). The van der Waals surface area contributed by atoms with E-state index in [2.05, 4.69) is 44.3 Å². The van der Waals surface area contributed by atoms with Crippen LogP contribution in [0.5, 0.6) is 5.75 Å². The lowest BCUT2D eigenvalue weighted by Crippen LogP contribution is -2.25. The molecule has 3 nitrogen and oxygen atoms in total. The maximum Gasteiger partial charge on any atom is 0.225 e. The number of carbonyl (C=O) groups excluding carboxylic acids is 1. The number of anilines is 1. The molecule has 1 heterocycles. The van der Waals surface area contributed by atoms with E-state index in [4.69, 9.17) is 4.74 Å². The van der Waals surface area contributed by atoms with E-state index < -0.39 is 0 Å². The highest BCUT2D eigenvalue weighted by Gasteiger charge is 2.29. The minimum absolute atomic E-state index is 0.0471. The Labute approximate surface area is 144 Å². The first-order valence-electron chi connectivity index (χ1n) is 8.73. The standard InChI is InChI=1S/C21H25NO2/c1-4-5-12-24-19-9-7-6-8-16(19)18-13-20(23)22-21-15(3)14(2)10-11-17(18)21/h6-11,18H,4-5,12-13H2,1-3H3,(H,22,23)/t18-/m0/s1. The quantitative estimate of drug-likeness (QED) is 0.790. The van der Waals surface area contributed by atoms with Crippen LogP contribution in [0, 0.1) is 13.8 Å². The molecule has 0 bridgehead atoms. The molecule has 0 fully saturated rings. The van der Waals surface area contributed by atoms with Crippen LogP contribution >= 0.6 is 0 Å². The zero-order valence-corrected chi connectivity index (χ0v) is 14.7. The summed E-state index contributed by atoms with van der Waals surface area (Å²) >= 11 is 0. The molecule has 1 amide bonds. The van der Waals surface area contributed by atoms with Crippen LogP contribution in [0.2, 0.25) is 0 Å². The summed E-state index contributed by atoms with van der Waals surface area (Å²) in [5, 5.41) is 3.06. The number of rotatable bonds is 5. The number of amides is 1. The van der Waals surface area contributed by atoms with Gasteiger partial charge in [-0.2, -0.15) is 0 Å². The molecule has 0 saturated carbocycles. The van der Waals surface area contributed by atoms with Crippen molar-refractivity contribution < 1.29 is 9.53 Å². The SMILES string of the molecule is CCCCOc1ccccc1[C@@H]1CC(=O)Nc2c1ccc(C)c2C. The Balaban J connectivity index is 2.02. The average Bonchev–Trinajstić information content (AvgIpc) is 2.59. The van der Waals surface area contributed by atoms with Crippen molar-refractivity contribution in [3.63, 3.8) is 0 Å². The average molecular weight is 323 g/mol. The predicted molar refractivity (Wildman–Crippen MR) is 97.9 cm³/mol. The van der Waals surface area contributed by atoms with Crippen molar-refractivity contribution in [2.24, 2.45) is 0 Å². The molecule has 1 atom stereocenters. The van der Waals surface area contributed by atoms with E-state index in [1.165, 1.54) is 11.1 Å². The molecule has 24 heavy (non-hydrogen) atoms. The third kappa shape index (κ3) is 3.16. The summed E-state index contributed by atoms with van der Waals surface area (Å²) in [6.45, 7) is 7.02. The molecule has 126 valence electrons. The molecule has 0 unspecified atom stereocenters. The summed E-state index contributed by atoms with van der Waals surface area (Å²) in [6.07, 6.45) is 2.60. The van der Waals surface area contributed by atoms with Crippen molar-refractivity contribution >= 4 is 11.6 Å². The van der Waals surface area contributed by atoms with Gasteiger partial charge in [0.15, 0.2) is 0 Å². The van der Waals surface area contributed by atoms with Gasteiger partial charge in [0.05, 0.1) is 6.61 Å². The summed E-state index contributed by atoms with van der Waals surface area (Å²) in [6, 6.07) is 12.4. The number of hydrogen-bond donors (Lipinski definition) is 1. The molecule has 0 aromatic heterocycles. The lowest BCUT2D eigenvalue weighted by atomic mass is 9.82. The van der Waals surface area contributed by atoms with E-state index in [0.717, 1.165) is 35.4 Å². The third-order valence-electron chi connectivity index (χ3n) is 4.85. The molecule has 3 heteroatoms. The highest BCUT2D eigenvalue weighted by atomic mass is 16.5. The summed E-state index contributed by atoms with van der Waals surface area (Å²) in [5.41, 5.74) is 5.61. The molecule has 2 aromatic rings. The minimum atomic E-state index is 0.0471. The smallest absolute Gasteiger partial charge is 0.225 e. The zero-order valence-electron chi connectivity index (χ0n) is 14.7. The highest BCUT2D eigenvalue weighted by Crippen LogP contribution is 2.42. The Hall–Kier alpha value is -2.29. The van der Waals surface area contributed by atoms with Crippen LogP contribution in [-0.4, -0.2) is 12.5 Å². The van der Waals surface area contributed by atoms with Gasteiger partial charge in [0.2, 0.25) is 5.91 Å². The van der Waals surface area contributed by atoms with E-state index in [1.807, 2.05) is 18.2 Å². The molecule has 1 aliphatic rings. The summed E-state index contributed by atoms with van der Waals surface area (Å²) < 4.78 is 6.00. The largest absolute Gasteiger partial charge is 0.493 e. The van der Waals surface area contributed by atoms with Gasteiger partial charge in [-0.25, -0.2) is 0 Å². The van der Waals surface area contributed by atoms with Crippen LogP contribution in [0.4, 0.5) is 5.69 Å². The number of unbranched alkanes of at least 4 members (excludes halogenated alkanes) is 1. The predicted octanol–water partition coefficient (Wildman–Crippen LogP) is 4.96. The first-order chi connectivity index (χ1) is 11.6. The topological polar surface area (TPSA) is 38.3 Å². The zero-order chi connectivity index (χ0) is 17.1. The fraction of sp³-hybridized carbons (Fsp3) is 0.381. The van der Waals surface area contributed by atoms with Crippen LogP contribution < -0.4 is 10.1 Å². The van der Waals surface area contributed by atoms with Crippen molar-refractivity contribution in [2.75, 3.05) is 11.9 Å². The Kier molecular flexibility index (Phi) is 4.89. The molecule has 0 saturated heterocycles. The number of para-hydroxylation sites is 1. The van der Waals surface area contributed by atoms with Crippen LogP contribution in [-0.2, 0) is 4.79 Å². The van der Waals surface area contributed by atoms with Crippen LogP contribution in [0.15, 0.2) is 36.4 Å². The number of fused-ring (bicyclic) bond motifs is 1. The van der Waals surface area contributed by atoms with Gasteiger partial charge in [-0.3, -0.25) is 4.79 Å². The maximum absolute atomic E-state index is 12.3. The number of benzene rings is 2. The Morgan fingerprint density at radius 3 is 2.71 bits per heavy atom. The Bertz CT molecular complexity index is 751. The van der Waals surface area contributed by atoms with Gasteiger partial charge < -0.3 is 10.1 Å². The molecule has 1 aliphatic heterocycles. The van der Waals surface area contributed by atoms with Gasteiger partial charge >= 0.3 is 0 Å². The monoisotopic (exact) mass is 323 g/mol. The highest BCUT2D eigenvalue weighted by molar-refractivity contribution is 5.96. The van der Waals surface area contributed by atoms with Crippen molar-refractivity contribution in [3.05, 3.63) is 58.7 Å². The first-order valence-corrected chi connectivity index (χ1v) is 8.73. The second-order valence-electron chi connectivity index (χ2n) is 6.52. The summed E-state index contributed by atoms with van der Waals surface area (Å²) in [5.74, 6) is 1.02. The first kappa shape index (κ1) is 16.6. The molecule has 2 aromatic carbocycles. The lowest BCUT2D eigenvalue weighted by molar-refractivity contribution is -0.116. The Morgan fingerprint density at radius 2 is 1.92 bits per heavy atom. The van der Waals surface area contributed by atoms with Crippen molar-refractivity contribution in [1.29, 1.82) is 0 Å². The summed E-state index contributed by atoms with van der Waals surface area (Å²) in [4.78, 5) is 12.3. The van der Waals surface area contributed by atoms with Gasteiger partial charge in [0, 0.05) is 23.6 Å². The van der Waals surface area contributed by atoms with E-state index in [0.29, 0.717) is 13.0 Å². The second kappa shape index (κ2) is 7.08. The van der Waals surface area contributed by atoms with Crippen LogP contribution in [0.25, 0.3) is 0 Å². The molecule has 0 aliphatic carbocycles. The van der Waals surface area contributed by atoms with E-state index in [-0.39, 0.29) is 11.8 Å². The minimum Gasteiger partial charge on any atom is -0.493 e. The molecule has 1 N–H and O–H groups in total. The fourth-order valence-corrected chi connectivity index (χ4v) is 3.28. The van der Waals surface area contributed by atoms with Crippen molar-refractivity contribution in [3.8, 4) is 5.75 Å². The summed E-state index contributed by atoms with van der Waals surface area (Å²) in [7, 11) is 0. The van der Waals surface area contributed by atoms with E-state index in [9.17, 15) is 4.79 Å². The number of ether oxygens (including phenoxy) is 1. The maximum atomic E-state index is 12.3. The molecule has 0 radical (unpaired) electrons. The number of nitrogens with one attached hydrogen (secondary N) is 1. The third-order valence-corrected chi connectivity index (χ3v) is 4.85. The lowest BCUT2D eigenvalue weighted by Gasteiger charge is -2.29. The Morgan fingerprint density at radius 1 is 1.12 bits per heavy atom. The molecular weight excluding hydrogens is 298 g/mol. The van der Waals surface area contributed by atoms with Crippen LogP contribution in [0.1, 0.15) is 54.4 Å². The van der Waals surface area contributed by atoms with Gasteiger partial charge in [0.25, 0.3) is 0 Å². The van der Waals surface area contributed by atoms with Gasteiger partial charge in [-0.05, 0) is 43.0 Å². The van der Waals surface area contributed by atoms with Gasteiger partial charge in [0.1, 0.15) is 5.75 Å². The normalized spacial score (nSPS) is 16.5. The van der Waals surface area contributed by atoms with Crippen molar-refractivity contribution in [1.82, 2.24) is 0 Å². The van der Waals surface area contributed by atoms with Crippen molar-refractivity contribution in [2.45, 2.75) is 46.0 Å².